The number of hydrogen-bond donors (Lipinski definition) is 0. The Bertz CT molecular complexity index is 843. The van der Waals surface area contributed by atoms with E-state index in [0.29, 0.717) is 5.91 Å². The second-order valence-corrected chi connectivity index (χ2v) is 8.31. The van der Waals surface area contributed by atoms with Crippen molar-refractivity contribution in [2.45, 2.75) is 44.4 Å². The van der Waals surface area contributed by atoms with Crippen molar-refractivity contribution in [3.05, 3.63) is 53.9 Å². The van der Waals surface area contributed by atoms with Crippen LogP contribution < -0.4 is 9.64 Å². The molecule has 1 aromatic heterocycles. The number of anilines is 1. The van der Waals surface area contributed by atoms with Crippen LogP contribution in [-0.2, 0) is 10.2 Å². The minimum absolute atomic E-state index is 0.313. The van der Waals surface area contributed by atoms with Crippen LogP contribution in [0, 0.1) is 6.92 Å². The van der Waals surface area contributed by atoms with E-state index in [1.54, 1.807) is 7.11 Å². The van der Waals surface area contributed by atoms with Crippen LogP contribution in [-0.4, -0.2) is 49.1 Å². The van der Waals surface area contributed by atoms with Gasteiger partial charge in [0.05, 0.1) is 12.5 Å². The molecule has 2 aromatic rings. The Kier molecular flexibility index (Phi) is 5.74. The molecule has 0 bridgehead atoms. The third-order valence-electron chi connectivity index (χ3n) is 6.62. The first-order valence-corrected chi connectivity index (χ1v) is 10.7. The lowest BCUT2D eigenvalue weighted by Crippen LogP contribution is -2.47. The van der Waals surface area contributed by atoms with E-state index in [9.17, 15) is 4.79 Å². The summed E-state index contributed by atoms with van der Waals surface area (Å²) in [4.78, 5) is 22.5. The Balaban J connectivity index is 1.53. The van der Waals surface area contributed by atoms with Gasteiger partial charge in [0.15, 0.2) is 0 Å². The van der Waals surface area contributed by atoms with Crippen LogP contribution >= 0.6 is 0 Å². The van der Waals surface area contributed by atoms with Crippen molar-refractivity contribution in [1.82, 2.24) is 9.88 Å². The van der Waals surface area contributed by atoms with Crippen LogP contribution in [0.3, 0.4) is 0 Å². The monoisotopic (exact) mass is 393 g/mol. The molecule has 1 aliphatic heterocycles. The van der Waals surface area contributed by atoms with Crippen LogP contribution in [0.4, 0.5) is 5.69 Å². The summed E-state index contributed by atoms with van der Waals surface area (Å²) in [5, 5.41) is 0. The zero-order valence-electron chi connectivity index (χ0n) is 17.6. The number of benzene rings is 1. The van der Waals surface area contributed by atoms with Crippen molar-refractivity contribution in [2.24, 2.45) is 0 Å². The third kappa shape index (κ3) is 3.83. The fourth-order valence-corrected chi connectivity index (χ4v) is 5.00. The van der Waals surface area contributed by atoms with Crippen molar-refractivity contribution >= 4 is 11.6 Å². The van der Waals surface area contributed by atoms with Gasteiger partial charge in [-0.2, -0.15) is 0 Å². The fourth-order valence-electron chi connectivity index (χ4n) is 5.00. The summed E-state index contributed by atoms with van der Waals surface area (Å²) in [6.45, 7) is 5.56. The molecule has 1 saturated heterocycles. The van der Waals surface area contributed by atoms with Crippen molar-refractivity contribution in [3.63, 3.8) is 0 Å². The summed E-state index contributed by atoms with van der Waals surface area (Å²) in [6.07, 6.45) is 8.89. The number of methoxy groups -OCH3 is 1. The first kappa shape index (κ1) is 19.7. The molecule has 0 unspecified atom stereocenters. The predicted molar refractivity (Wildman–Crippen MR) is 116 cm³/mol. The highest BCUT2D eigenvalue weighted by atomic mass is 16.5. The molecule has 0 N–H and O–H groups in total. The topological polar surface area (TPSA) is 45.7 Å². The van der Waals surface area contributed by atoms with E-state index < -0.39 is 0 Å². The highest BCUT2D eigenvalue weighted by Gasteiger charge is 2.45. The average Bonchev–Trinajstić information content (AvgIpc) is 3.13. The number of carbonyl (C=O) groups excluding carboxylic acids is 1. The summed E-state index contributed by atoms with van der Waals surface area (Å²) in [5.74, 6) is 1.15. The second kappa shape index (κ2) is 8.44. The molecule has 4 rings (SSSR count). The molecule has 2 aliphatic rings. The minimum atomic E-state index is -0.367. The second-order valence-electron chi connectivity index (χ2n) is 8.31. The maximum atomic E-state index is 13.8. The first-order valence-electron chi connectivity index (χ1n) is 10.7. The van der Waals surface area contributed by atoms with Gasteiger partial charge in [0, 0.05) is 44.3 Å². The Morgan fingerprint density at radius 1 is 1.00 bits per heavy atom. The number of aromatic nitrogens is 1. The van der Waals surface area contributed by atoms with E-state index in [-0.39, 0.29) is 5.41 Å². The number of hydrogen-bond acceptors (Lipinski definition) is 4. The number of pyridine rings is 1. The van der Waals surface area contributed by atoms with Crippen molar-refractivity contribution in [1.29, 1.82) is 0 Å². The average molecular weight is 394 g/mol. The molecule has 2 heterocycles. The van der Waals surface area contributed by atoms with Gasteiger partial charge in [-0.3, -0.25) is 9.78 Å². The molecule has 0 radical (unpaired) electrons. The van der Waals surface area contributed by atoms with Crippen LogP contribution in [0.15, 0.2) is 42.7 Å². The van der Waals surface area contributed by atoms with Crippen molar-refractivity contribution < 1.29 is 9.53 Å². The predicted octanol–water partition coefficient (Wildman–Crippen LogP) is 3.95. The Labute approximate surface area is 173 Å². The van der Waals surface area contributed by atoms with Gasteiger partial charge in [-0.1, -0.05) is 25.0 Å². The number of carbonyl (C=O) groups is 1. The molecule has 0 spiro atoms. The summed E-state index contributed by atoms with van der Waals surface area (Å²) >= 11 is 0. The lowest BCUT2D eigenvalue weighted by Gasteiger charge is -2.34. The summed E-state index contributed by atoms with van der Waals surface area (Å²) in [7, 11) is 1.68. The Morgan fingerprint density at radius 3 is 2.45 bits per heavy atom. The molecule has 154 valence electrons. The number of rotatable bonds is 4. The number of ether oxygens (including phenoxy) is 1. The first-order chi connectivity index (χ1) is 14.1. The van der Waals surface area contributed by atoms with Crippen LogP contribution in [0.5, 0.6) is 5.75 Å². The SMILES string of the molecule is COc1ccc(C2(C(=O)N3CCCN(c4ccncc4C)CC3)CCCC2)cc1. The van der Waals surface area contributed by atoms with Gasteiger partial charge in [0.1, 0.15) is 5.75 Å². The summed E-state index contributed by atoms with van der Waals surface area (Å²) in [6, 6.07) is 10.2. The molecule has 0 atom stereocenters. The van der Waals surface area contributed by atoms with Crippen LogP contribution in [0.25, 0.3) is 0 Å². The van der Waals surface area contributed by atoms with E-state index >= 15 is 0 Å². The molecule has 2 fully saturated rings. The van der Waals surface area contributed by atoms with E-state index in [4.69, 9.17) is 4.74 Å². The van der Waals surface area contributed by atoms with Crippen molar-refractivity contribution in [2.75, 3.05) is 38.2 Å². The normalized spacial score (nSPS) is 19.1. The van der Waals surface area contributed by atoms with Gasteiger partial charge in [-0.25, -0.2) is 0 Å². The smallest absolute Gasteiger partial charge is 0.233 e. The summed E-state index contributed by atoms with van der Waals surface area (Å²) < 4.78 is 5.32. The van der Waals surface area contributed by atoms with E-state index in [1.165, 1.54) is 11.3 Å². The molecular weight excluding hydrogens is 362 g/mol. The van der Waals surface area contributed by atoms with Gasteiger partial charge in [0.25, 0.3) is 0 Å². The molecular formula is C24H31N3O2. The maximum Gasteiger partial charge on any atom is 0.233 e. The van der Waals surface area contributed by atoms with Gasteiger partial charge in [-0.15, -0.1) is 0 Å². The highest BCUT2D eigenvalue weighted by Crippen LogP contribution is 2.43. The molecule has 1 amide bonds. The lowest BCUT2D eigenvalue weighted by molar-refractivity contribution is -0.137. The zero-order valence-corrected chi connectivity index (χ0v) is 17.6. The van der Waals surface area contributed by atoms with Gasteiger partial charge in [-0.05, 0) is 55.5 Å². The Hall–Kier alpha value is -2.56. The lowest BCUT2D eigenvalue weighted by atomic mass is 9.77. The summed E-state index contributed by atoms with van der Waals surface area (Å²) in [5.41, 5.74) is 3.21. The van der Waals surface area contributed by atoms with Gasteiger partial charge < -0.3 is 14.5 Å². The third-order valence-corrected chi connectivity index (χ3v) is 6.62. The fraction of sp³-hybridized carbons (Fsp3) is 0.500. The molecule has 1 aliphatic carbocycles. The largest absolute Gasteiger partial charge is 0.497 e. The molecule has 1 saturated carbocycles. The van der Waals surface area contributed by atoms with E-state index in [1.807, 2.05) is 24.5 Å². The standard InChI is InChI=1S/C24H31N3O2/c1-19-18-25-13-10-22(19)26-14-5-15-27(17-16-26)23(28)24(11-3-4-12-24)20-6-8-21(29-2)9-7-20/h6-10,13,18H,3-5,11-12,14-17H2,1-2H3. The molecule has 1 aromatic carbocycles. The van der Waals surface area contributed by atoms with E-state index in [0.717, 1.165) is 69.6 Å². The molecule has 29 heavy (non-hydrogen) atoms. The van der Waals surface area contributed by atoms with Crippen molar-refractivity contribution in [3.8, 4) is 5.75 Å². The van der Waals surface area contributed by atoms with E-state index in [2.05, 4.69) is 39.9 Å². The number of aryl methyl sites for hydroxylation is 1. The zero-order chi connectivity index (χ0) is 20.3. The highest BCUT2D eigenvalue weighted by molar-refractivity contribution is 5.89. The van der Waals surface area contributed by atoms with Crippen LogP contribution in [0.2, 0.25) is 0 Å². The van der Waals surface area contributed by atoms with Crippen LogP contribution in [0.1, 0.15) is 43.2 Å². The Morgan fingerprint density at radius 2 is 1.76 bits per heavy atom. The van der Waals surface area contributed by atoms with Gasteiger partial charge in [0.2, 0.25) is 5.91 Å². The minimum Gasteiger partial charge on any atom is -0.497 e. The number of amides is 1. The number of nitrogens with zero attached hydrogens (tertiary/aromatic N) is 3. The molecule has 5 nitrogen and oxygen atoms in total. The quantitative estimate of drug-likeness (QED) is 0.789. The van der Waals surface area contributed by atoms with Gasteiger partial charge >= 0.3 is 0 Å². The molecule has 5 heteroatoms. The maximum absolute atomic E-state index is 13.8.